The molecule has 17 heavy (non-hydrogen) atoms. The molecule has 0 fully saturated rings. The summed E-state index contributed by atoms with van der Waals surface area (Å²) in [5.41, 5.74) is 0.922. The lowest BCUT2D eigenvalue weighted by molar-refractivity contribution is -0.134. The summed E-state index contributed by atoms with van der Waals surface area (Å²) >= 11 is 0. The summed E-state index contributed by atoms with van der Waals surface area (Å²) in [4.78, 5) is 21.7. The van der Waals surface area contributed by atoms with Crippen LogP contribution in [0.2, 0.25) is 0 Å². The topological polar surface area (TPSA) is 43.4 Å². The first kappa shape index (κ1) is 13.4. The molecule has 0 radical (unpaired) electrons. The first-order valence-electron chi connectivity index (χ1n) is 5.99. The van der Waals surface area contributed by atoms with Gasteiger partial charge in [0.05, 0.1) is 0 Å². The van der Waals surface area contributed by atoms with E-state index >= 15 is 0 Å². The van der Waals surface area contributed by atoms with E-state index in [2.05, 4.69) is 6.92 Å². The fraction of sp³-hybridized carbons (Fsp3) is 0.429. The van der Waals surface area contributed by atoms with Gasteiger partial charge in [-0.3, -0.25) is 4.79 Å². The van der Waals surface area contributed by atoms with Gasteiger partial charge in [0.2, 0.25) is 0 Å². The van der Waals surface area contributed by atoms with Crippen LogP contribution in [0.5, 0.6) is 5.75 Å². The highest BCUT2D eigenvalue weighted by molar-refractivity contribution is 5.72. The number of benzene rings is 1. The zero-order valence-corrected chi connectivity index (χ0v) is 10.1. The summed E-state index contributed by atoms with van der Waals surface area (Å²) in [7, 11) is 0. The van der Waals surface area contributed by atoms with Crippen LogP contribution in [-0.2, 0) is 16.0 Å². The summed E-state index contributed by atoms with van der Waals surface area (Å²) in [6, 6.07) is 7.03. The monoisotopic (exact) mass is 234 g/mol. The number of carbonyl (C=O) groups excluding carboxylic acids is 2. The van der Waals surface area contributed by atoms with Crippen molar-refractivity contribution in [3.63, 3.8) is 0 Å². The Morgan fingerprint density at radius 2 is 1.94 bits per heavy atom. The average Bonchev–Trinajstić information content (AvgIpc) is 2.32. The lowest BCUT2D eigenvalue weighted by Gasteiger charge is -2.04. The van der Waals surface area contributed by atoms with Crippen molar-refractivity contribution in [3.8, 4) is 5.75 Å². The smallest absolute Gasteiger partial charge is 0.311 e. The molecular formula is C14H18O3. The van der Waals surface area contributed by atoms with Gasteiger partial charge in [-0.2, -0.15) is 0 Å². The molecule has 0 spiro atoms. The van der Waals surface area contributed by atoms with Crippen LogP contribution in [0.3, 0.4) is 0 Å². The third kappa shape index (κ3) is 5.29. The summed E-state index contributed by atoms with van der Waals surface area (Å²) in [6.07, 6.45) is 4.72. The van der Waals surface area contributed by atoms with E-state index in [0.717, 1.165) is 31.1 Å². The zero-order chi connectivity index (χ0) is 12.5. The Balaban J connectivity index is 2.40. The molecule has 0 aliphatic heterocycles. The fourth-order valence-corrected chi connectivity index (χ4v) is 1.49. The van der Waals surface area contributed by atoms with Crippen LogP contribution in [-0.4, -0.2) is 12.3 Å². The minimum Gasteiger partial charge on any atom is -0.427 e. The Kier molecular flexibility index (Phi) is 6.00. The van der Waals surface area contributed by atoms with E-state index in [-0.39, 0.29) is 5.97 Å². The quantitative estimate of drug-likeness (QED) is 0.315. The van der Waals surface area contributed by atoms with Gasteiger partial charge < -0.3 is 9.53 Å². The Bertz CT molecular complexity index is 354. The number of hydrogen-bond acceptors (Lipinski definition) is 3. The van der Waals surface area contributed by atoms with Crippen molar-refractivity contribution < 1.29 is 14.3 Å². The van der Waals surface area contributed by atoms with Crippen LogP contribution < -0.4 is 4.74 Å². The van der Waals surface area contributed by atoms with Gasteiger partial charge in [-0.15, -0.1) is 0 Å². The molecule has 0 saturated carbocycles. The molecule has 0 atom stereocenters. The highest BCUT2D eigenvalue weighted by Gasteiger charge is 2.04. The predicted octanol–water partition coefficient (Wildman–Crippen LogP) is 2.91. The molecule has 0 aliphatic rings. The molecule has 1 rings (SSSR count). The van der Waals surface area contributed by atoms with E-state index in [1.165, 1.54) is 0 Å². The molecule has 0 heterocycles. The molecule has 1 aromatic rings. The second-order valence-electron chi connectivity index (χ2n) is 3.95. The third-order valence-electron chi connectivity index (χ3n) is 2.46. The Morgan fingerprint density at radius 3 is 2.53 bits per heavy atom. The van der Waals surface area contributed by atoms with Crippen LogP contribution in [0.25, 0.3) is 0 Å². The highest BCUT2D eigenvalue weighted by atomic mass is 16.5. The Hall–Kier alpha value is -1.64. The minimum atomic E-state index is -0.193. The van der Waals surface area contributed by atoms with Crippen molar-refractivity contribution >= 4 is 12.3 Å². The van der Waals surface area contributed by atoms with E-state index in [4.69, 9.17) is 4.74 Å². The number of hydrogen-bond donors (Lipinski definition) is 0. The van der Waals surface area contributed by atoms with Crippen LogP contribution in [0.1, 0.15) is 38.2 Å². The second-order valence-corrected chi connectivity index (χ2v) is 3.95. The molecule has 3 heteroatoms. The van der Waals surface area contributed by atoms with Crippen LogP contribution in [0, 0.1) is 0 Å². The average molecular weight is 234 g/mol. The SMILES string of the molecule is CCCCCC(=O)Oc1ccc(CC=O)cc1. The van der Waals surface area contributed by atoms with E-state index in [1.54, 1.807) is 24.3 Å². The predicted molar refractivity (Wildman–Crippen MR) is 66.0 cm³/mol. The molecular weight excluding hydrogens is 216 g/mol. The number of esters is 1. The molecule has 0 unspecified atom stereocenters. The summed E-state index contributed by atoms with van der Waals surface area (Å²) in [6.45, 7) is 2.09. The Morgan fingerprint density at radius 1 is 1.24 bits per heavy atom. The molecule has 92 valence electrons. The fourth-order valence-electron chi connectivity index (χ4n) is 1.49. The number of aldehydes is 1. The summed E-state index contributed by atoms with van der Waals surface area (Å²) in [5, 5.41) is 0. The normalized spacial score (nSPS) is 9.94. The standard InChI is InChI=1S/C14H18O3/c1-2-3-4-5-14(16)17-13-8-6-12(7-9-13)10-11-15/h6-9,11H,2-5,10H2,1H3. The minimum absolute atomic E-state index is 0.193. The van der Waals surface area contributed by atoms with Crippen molar-refractivity contribution in [1.82, 2.24) is 0 Å². The van der Waals surface area contributed by atoms with Crippen molar-refractivity contribution in [1.29, 1.82) is 0 Å². The van der Waals surface area contributed by atoms with Crippen molar-refractivity contribution in [2.24, 2.45) is 0 Å². The summed E-state index contributed by atoms with van der Waals surface area (Å²) < 4.78 is 5.17. The maximum atomic E-state index is 11.4. The Labute approximate surface area is 102 Å². The van der Waals surface area contributed by atoms with Gasteiger partial charge in [-0.05, 0) is 24.1 Å². The highest BCUT2D eigenvalue weighted by Crippen LogP contribution is 2.13. The lowest BCUT2D eigenvalue weighted by atomic mass is 10.1. The largest absolute Gasteiger partial charge is 0.427 e. The van der Waals surface area contributed by atoms with Crippen LogP contribution in [0.4, 0.5) is 0 Å². The maximum absolute atomic E-state index is 11.4. The molecule has 0 aromatic heterocycles. The second kappa shape index (κ2) is 7.60. The van der Waals surface area contributed by atoms with Gasteiger partial charge in [0, 0.05) is 12.8 Å². The van der Waals surface area contributed by atoms with Crippen molar-refractivity contribution in [2.45, 2.75) is 39.0 Å². The van der Waals surface area contributed by atoms with Crippen molar-refractivity contribution in [2.75, 3.05) is 0 Å². The number of rotatable bonds is 7. The number of unbranched alkanes of at least 4 members (excludes halogenated alkanes) is 2. The molecule has 0 aliphatic carbocycles. The lowest BCUT2D eigenvalue weighted by Crippen LogP contribution is -2.07. The van der Waals surface area contributed by atoms with Gasteiger partial charge in [-0.25, -0.2) is 0 Å². The van der Waals surface area contributed by atoms with E-state index in [1.807, 2.05) is 0 Å². The first-order valence-corrected chi connectivity index (χ1v) is 5.99. The van der Waals surface area contributed by atoms with Crippen LogP contribution >= 0.6 is 0 Å². The molecule has 1 aromatic carbocycles. The molecule has 0 saturated heterocycles. The first-order chi connectivity index (χ1) is 8.26. The molecule has 0 N–H and O–H groups in total. The summed E-state index contributed by atoms with van der Waals surface area (Å²) in [5.74, 6) is 0.350. The third-order valence-corrected chi connectivity index (χ3v) is 2.46. The van der Waals surface area contributed by atoms with Crippen LogP contribution in [0.15, 0.2) is 24.3 Å². The zero-order valence-electron chi connectivity index (χ0n) is 10.1. The number of ether oxygens (including phenoxy) is 1. The molecule has 0 amide bonds. The van der Waals surface area contributed by atoms with E-state index in [9.17, 15) is 9.59 Å². The number of carbonyl (C=O) groups is 2. The van der Waals surface area contributed by atoms with Gasteiger partial charge in [0.25, 0.3) is 0 Å². The van der Waals surface area contributed by atoms with E-state index < -0.39 is 0 Å². The molecule has 3 nitrogen and oxygen atoms in total. The maximum Gasteiger partial charge on any atom is 0.311 e. The van der Waals surface area contributed by atoms with Crippen molar-refractivity contribution in [3.05, 3.63) is 29.8 Å². The molecule has 0 bridgehead atoms. The van der Waals surface area contributed by atoms with Gasteiger partial charge in [0.15, 0.2) is 0 Å². The van der Waals surface area contributed by atoms with Gasteiger partial charge in [0.1, 0.15) is 12.0 Å². The van der Waals surface area contributed by atoms with Gasteiger partial charge in [-0.1, -0.05) is 31.9 Å². The van der Waals surface area contributed by atoms with E-state index in [0.29, 0.717) is 18.6 Å². The van der Waals surface area contributed by atoms with Gasteiger partial charge >= 0.3 is 5.97 Å².